The molecule has 3 heterocycles. The highest BCUT2D eigenvalue weighted by Crippen LogP contribution is 2.31. The van der Waals surface area contributed by atoms with E-state index in [4.69, 9.17) is 0 Å². The van der Waals surface area contributed by atoms with Crippen molar-refractivity contribution in [2.75, 3.05) is 0 Å². The Labute approximate surface area is 153 Å². The van der Waals surface area contributed by atoms with E-state index >= 15 is 0 Å². The molecule has 0 bridgehead atoms. The molecule has 0 aromatic carbocycles. The maximum Gasteiger partial charge on any atom is 0.274 e. The van der Waals surface area contributed by atoms with Gasteiger partial charge in [-0.15, -0.1) is 11.3 Å². The van der Waals surface area contributed by atoms with Gasteiger partial charge in [-0.25, -0.2) is 0 Å². The average Bonchev–Trinajstić information content (AvgIpc) is 3.06. The minimum Gasteiger partial charge on any atom is -0.393 e. The van der Waals surface area contributed by atoms with Gasteiger partial charge in [0.1, 0.15) is 5.69 Å². The van der Waals surface area contributed by atoms with E-state index in [1.54, 1.807) is 22.2 Å². The number of thiazole rings is 1. The van der Waals surface area contributed by atoms with E-state index in [9.17, 15) is 14.7 Å². The van der Waals surface area contributed by atoms with Gasteiger partial charge in [0.15, 0.2) is 4.96 Å². The number of aliphatic hydroxyl groups excluding tert-OH is 1. The Morgan fingerprint density at radius 1 is 1.42 bits per heavy atom. The molecule has 1 fully saturated rings. The third-order valence-corrected chi connectivity index (χ3v) is 5.49. The summed E-state index contributed by atoms with van der Waals surface area (Å²) in [6, 6.07) is 6.78. The summed E-state index contributed by atoms with van der Waals surface area (Å²) in [4.78, 5) is 33.4. The summed E-state index contributed by atoms with van der Waals surface area (Å²) in [5.74, 6) is -0.132. The number of carbonyl (C=O) groups is 1. The number of pyridine rings is 1. The Bertz CT molecular complexity index is 979. The first-order chi connectivity index (χ1) is 12.6. The largest absolute Gasteiger partial charge is 0.393 e. The van der Waals surface area contributed by atoms with Crippen molar-refractivity contribution < 1.29 is 9.90 Å². The Morgan fingerprint density at radius 3 is 3.00 bits per heavy atom. The molecular weight excluding hydrogens is 352 g/mol. The number of hydrogen-bond acceptors (Lipinski definition) is 6. The lowest BCUT2D eigenvalue weighted by molar-refractivity contribution is 0.0237. The number of carbonyl (C=O) groups excluding carboxylic acids is 1. The Hall–Kier alpha value is -2.58. The van der Waals surface area contributed by atoms with Gasteiger partial charge in [-0.05, 0) is 30.9 Å². The van der Waals surface area contributed by atoms with E-state index in [0.717, 1.165) is 5.69 Å². The molecule has 1 atom stereocenters. The predicted octanol–water partition coefficient (Wildman–Crippen LogP) is 1.26. The number of aliphatic hydroxyl groups is 1. The lowest BCUT2D eigenvalue weighted by Crippen LogP contribution is -2.48. The number of nitrogens with zero attached hydrogens (tertiary/aromatic N) is 3. The lowest BCUT2D eigenvalue weighted by atomic mass is 9.76. The van der Waals surface area contributed by atoms with E-state index in [1.807, 2.05) is 18.2 Å². The Morgan fingerprint density at radius 2 is 2.27 bits per heavy atom. The second-order valence-electron chi connectivity index (χ2n) is 6.53. The fraction of sp³-hybridized carbons (Fsp3) is 0.333. The highest BCUT2D eigenvalue weighted by Gasteiger charge is 2.35. The minimum atomic E-state index is -0.432. The monoisotopic (exact) mass is 370 g/mol. The summed E-state index contributed by atoms with van der Waals surface area (Å²) in [6.45, 7) is 0. The minimum absolute atomic E-state index is 0.154. The molecule has 1 saturated carbocycles. The van der Waals surface area contributed by atoms with E-state index in [1.165, 1.54) is 17.4 Å². The lowest BCUT2D eigenvalue weighted by Gasteiger charge is -2.38. The molecule has 2 N–H and O–H groups in total. The van der Waals surface area contributed by atoms with Crippen molar-refractivity contribution in [1.82, 2.24) is 19.7 Å². The number of fused-ring (bicyclic) bond motifs is 1. The number of nitrogens with one attached hydrogen (secondary N) is 1. The molecule has 1 aliphatic carbocycles. The van der Waals surface area contributed by atoms with Gasteiger partial charge >= 0.3 is 0 Å². The summed E-state index contributed by atoms with van der Waals surface area (Å²) in [5.41, 5.74) is 0.719. The van der Waals surface area contributed by atoms with Crippen LogP contribution in [0.2, 0.25) is 0 Å². The summed E-state index contributed by atoms with van der Waals surface area (Å²) < 4.78 is 1.62. The number of aromatic nitrogens is 3. The zero-order valence-corrected chi connectivity index (χ0v) is 14.7. The number of rotatable bonds is 5. The molecule has 1 amide bonds. The molecule has 0 saturated heterocycles. The Balaban J connectivity index is 1.59. The molecule has 26 heavy (non-hydrogen) atoms. The maximum absolute atomic E-state index is 12.9. The smallest absolute Gasteiger partial charge is 0.274 e. The van der Waals surface area contributed by atoms with Crippen LogP contribution < -0.4 is 10.9 Å². The van der Waals surface area contributed by atoms with Crippen LogP contribution in [0.25, 0.3) is 4.96 Å². The average molecular weight is 370 g/mol. The first-order valence-corrected chi connectivity index (χ1v) is 9.34. The van der Waals surface area contributed by atoms with Crippen LogP contribution in [-0.2, 0) is 6.42 Å². The van der Waals surface area contributed by atoms with Crippen molar-refractivity contribution in [1.29, 1.82) is 0 Å². The van der Waals surface area contributed by atoms with E-state index in [0.29, 0.717) is 24.2 Å². The van der Waals surface area contributed by atoms with Crippen LogP contribution in [0.5, 0.6) is 0 Å². The van der Waals surface area contributed by atoms with Crippen molar-refractivity contribution >= 4 is 22.2 Å². The first-order valence-electron chi connectivity index (χ1n) is 8.46. The van der Waals surface area contributed by atoms with E-state index in [2.05, 4.69) is 15.3 Å². The molecule has 0 unspecified atom stereocenters. The molecule has 134 valence electrons. The van der Waals surface area contributed by atoms with Crippen molar-refractivity contribution in [2.45, 2.75) is 31.4 Å². The zero-order valence-electron chi connectivity index (χ0n) is 13.9. The van der Waals surface area contributed by atoms with Gasteiger partial charge in [0, 0.05) is 42.0 Å². The zero-order chi connectivity index (χ0) is 18.1. The summed E-state index contributed by atoms with van der Waals surface area (Å²) in [6.07, 6.45) is 5.03. The summed E-state index contributed by atoms with van der Waals surface area (Å²) in [5, 5.41) is 14.5. The van der Waals surface area contributed by atoms with Gasteiger partial charge in [-0.3, -0.25) is 19.0 Å². The highest BCUT2D eigenvalue weighted by atomic mass is 32.1. The molecule has 0 spiro atoms. The predicted molar refractivity (Wildman–Crippen MR) is 97.3 cm³/mol. The van der Waals surface area contributed by atoms with Gasteiger partial charge in [0.25, 0.3) is 11.5 Å². The highest BCUT2D eigenvalue weighted by molar-refractivity contribution is 7.15. The fourth-order valence-corrected chi connectivity index (χ4v) is 4.02. The van der Waals surface area contributed by atoms with Gasteiger partial charge < -0.3 is 10.4 Å². The van der Waals surface area contributed by atoms with Crippen molar-refractivity contribution in [3.05, 3.63) is 63.8 Å². The third kappa shape index (κ3) is 3.38. The standard InChI is InChI=1S/C18H18N4O3S/c23-13-7-11(8-13)14(9-12-3-1-2-4-19-12)20-17(25)15-10-16(24)21-18-22(15)5-6-26-18/h1-6,10-11,13-14,23H,7-9H2,(H,20,25)/t11?,13?,14-/m1/s1. The molecule has 4 rings (SSSR count). The molecule has 3 aromatic heterocycles. The first kappa shape index (κ1) is 16.9. The van der Waals surface area contributed by atoms with Crippen LogP contribution >= 0.6 is 11.3 Å². The van der Waals surface area contributed by atoms with Crippen LogP contribution in [0, 0.1) is 5.92 Å². The normalized spacial score (nSPS) is 20.5. The van der Waals surface area contributed by atoms with Crippen molar-refractivity contribution in [2.24, 2.45) is 5.92 Å². The third-order valence-electron chi connectivity index (χ3n) is 4.74. The van der Waals surface area contributed by atoms with Gasteiger partial charge in [-0.2, -0.15) is 4.98 Å². The van der Waals surface area contributed by atoms with Gasteiger partial charge in [-0.1, -0.05) is 6.07 Å². The van der Waals surface area contributed by atoms with Crippen molar-refractivity contribution in [3.63, 3.8) is 0 Å². The van der Waals surface area contributed by atoms with Crippen molar-refractivity contribution in [3.8, 4) is 0 Å². The summed E-state index contributed by atoms with van der Waals surface area (Å²) >= 11 is 1.31. The molecule has 0 radical (unpaired) electrons. The van der Waals surface area contributed by atoms with Gasteiger partial charge in [0.05, 0.1) is 6.10 Å². The topological polar surface area (TPSA) is 96.6 Å². The second kappa shape index (κ2) is 6.97. The quantitative estimate of drug-likeness (QED) is 0.705. The molecule has 7 nitrogen and oxygen atoms in total. The van der Waals surface area contributed by atoms with Crippen LogP contribution in [0.1, 0.15) is 29.0 Å². The van der Waals surface area contributed by atoms with Crippen LogP contribution in [0.3, 0.4) is 0 Å². The van der Waals surface area contributed by atoms with Crippen LogP contribution in [0.15, 0.2) is 46.8 Å². The maximum atomic E-state index is 12.9. The molecule has 1 aliphatic rings. The van der Waals surface area contributed by atoms with Gasteiger partial charge in [0.2, 0.25) is 0 Å². The van der Waals surface area contributed by atoms with E-state index < -0.39 is 5.56 Å². The second-order valence-corrected chi connectivity index (χ2v) is 7.40. The molecular formula is C18H18N4O3S. The number of amides is 1. The fourth-order valence-electron chi connectivity index (χ4n) is 3.30. The summed E-state index contributed by atoms with van der Waals surface area (Å²) in [7, 11) is 0. The number of hydrogen-bond donors (Lipinski definition) is 2. The van der Waals surface area contributed by atoms with Crippen LogP contribution in [-0.4, -0.2) is 37.5 Å². The van der Waals surface area contributed by atoms with Crippen LogP contribution in [0.4, 0.5) is 0 Å². The molecule has 8 heteroatoms. The molecule has 3 aromatic rings. The van der Waals surface area contributed by atoms with E-state index in [-0.39, 0.29) is 29.7 Å². The molecule has 0 aliphatic heterocycles. The SMILES string of the molecule is O=C(N[C@H](Cc1ccccn1)C1CC(O)C1)c1cc(=O)nc2sccn12. The Kier molecular flexibility index (Phi) is 4.52.